The van der Waals surface area contributed by atoms with Crippen molar-refractivity contribution in [1.82, 2.24) is 0 Å². The van der Waals surface area contributed by atoms with E-state index >= 15 is 0 Å². The summed E-state index contributed by atoms with van der Waals surface area (Å²) in [7, 11) is 1.43. The van der Waals surface area contributed by atoms with E-state index in [0.29, 0.717) is 15.7 Å². The minimum absolute atomic E-state index is 0.0373. The van der Waals surface area contributed by atoms with Crippen molar-refractivity contribution in [3.05, 3.63) is 57.1 Å². The number of carbonyl (C=O) groups excluding carboxylic acids is 1. The van der Waals surface area contributed by atoms with Gasteiger partial charge >= 0.3 is 0 Å². The summed E-state index contributed by atoms with van der Waals surface area (Å²) in [6.07, 6.45) is 1.44. The van der Waals surface area contributed by atoms with Gasteiger partial charge in [0.2, 0.25) is 0 Å². The molecule has 0 saturated carbocycles. The number of hydrogen-bond acceptors (Lipinski definition) is 4. The highest BCUT2D eigenvalue weighted by molar-refractivity contribution is 9.10. The molecule has 0 radical (unpaired) electrons. The molecule has 5 nitrogen and oxygen atoms in total. The molecule has 0 bridgehead atoms. The van der Waals surface area contributed by atoms with Gasteiger partial charge < -0.3 is 15.2 Å². The molecule has 0 atom stereocenters. The van der Waals surface area contributed by atoms with Crippen molar-refractivity contribution in [2.24, 2.45) is 0 Å². The van der Waals surface area contributed by atoms with E-state index in [4.69, 9.17) is 4.74 Å². The van der Waals surface area contributed by atoms with Crippen LogP contribution in [-0.4, -0.2) is 18.1 Å². The predicted octanol–water partition coefficient (Wildman–Crippen LogP) is 4.33. The predicted molar refractivity (Wildman–Crippen MR) is 100 cm³/mol. The Labute approximate surface area is 154 Å². The molecule has 0 aliphatic carbocycles. The zero-order valence-corrected chi connectivity index (χ0v) is 15.6. The fraction of sp³-hybridized carbons (Fsp3) is 0.158. The molecule has 2 aromatic rings. The summed E-state index contributed by atoms with van der Waals surface area (Å²) >= 11 is 3.30. The first-order chi connectivity index (χ1) is 11.8. The second-order valence-corrected chi connectivity index (χ2v) is 6.34. The maximum absolute atomic E-state index is 12.4. The van der Waals surface area contributed by atoms with Crippen LogP contribution in [0.5, 0.6) is 11.5 Å². The number of aryl methyl sites for hydroxylation is 2. The molecule has 6 heteroatoms. The van der Waals surface area contributed by atoms with Crippen molar-refractivity contribution in [3.8, 4) is 17.6 Å². The lowest BCUT2D eigenvalue weighted by Gasteiger charge is -2.09. The maximum atomic E-state index is 12.4. The number of halogens is 1. The van der Waals surface area contributed by atoms with Crippen molar-refractivity contribution in [2.75, 3.05) is 12.4 Å². The molecular formula is C19H17BrN2O3. The van der Waals surface area contributed by atoms with Gasteiger partial charge in [0, 0.05) is 10.2 Å². The van der Waals surface area contributed by atoms with Gasteiger partial charge in [0.05, 0.1) is 7.11 Å². The number of nitrogens with zero attached hydrogens (tertiary/aromatic N) is 1. The van der Waals surface area contributed by atoms with Crippen LogP contribution in [0, 0.1) is 25.2 Å². The molecular weight excluding hydrogens is 384 g/mol. The Kier molecular flexibility index (Phi) is 5.84. The lowest BCUT2D eigenvalue weighted by Crippen LogP contribution is -2.14. The van der Waals surface area contributed by atoms with Crippen LogP contribution < -0.4 is 10.1 Å². The highest BCUT2D eigenvalue weighted by Crippen LogP contribution is 2.33. The van der Waals surface area contributed by atoms with Crippen LogP contribution in [-0.2, 0) is 4.79 Å². The largest absolute Gasteiger partial charge is 0.504 e. The minimum Gasteiger partial charge on any atom is -0.504 e. The Morgan fingerprint density at radius 1 is 1.32 bits per heavy atom. The van der Waals surface area contributed by atoms with E-state index in [9.17, 15) is 15.2 Å². The Bertz CT molecular complexity index is 898. The molecule has 25 heavy (non-hydrogen) atoms. The quantitative estimate of drug-likeness (QED) is 0.590. The zero-order chi connectivity index (χ0) is 18.6. The molecule has 0 heterocycles. The number of ether oxygens (including phenoxy) is 1. The average molecular weight is 401 g/mol. The Hall–Kier alpha value is -2.78. The van der Waals surface area contributed by atoms with Gasteiger partial charge in [0.25, 0.3) is 5.91 Å². The summed E-state index contributed by atoms with van der Waals surface area (Å²) in [5.74, 6) is -0.292. The lowest BCUT2D eigenvalue weighted by molar-refractivity contribution is -0.112. The number of amides is 1. The van der Waals surface area contributed by atoms with E-state index in [2.05, 4.69) is 21.2 Å². The number of phenolic OH excluding ortho intramolecular Hbond substituents is 1. The molecule has 0 fully saturated rings. The van der Waals surface area contributed by atoms with Crippen molar-refractivity contribution < 1.29 is 14.6 Å². The van der Waals surface area contributed by atoms with Gasteiger partial charge in [0.15, 0.2) is 11.5 Å². The first kappa shape index (κ1) is 18.6. The first-order valence-corrected chi connectivity index (χ1v) is 8.22. The van der Waals surface area contributed by atoms with Crippen LogP contribution in [0.2, 0.25) is 0 Å². The molecule has 0 unspecified atom stereocenters. The van der Waals surface area contributed by atoms with Gasteiger partial charge in [-0.2, -0.15) is 5.26 Å². The molecule has 0 spiro atoms. The monoisotopic (exact) mass is 400 g/mol. The van der Waals surface area contributed by atoms with E-state index in [1.807, 2.05) is 32.0 Å². The number of carbonyl (C=O) groups is 1. The molecule has 0 aliphatic heterocycles. The standard InChI is InChI=1S/C19H17BrN2O3/c1-11-4-5-16(12(2)6-11)22-19(24)14(10-21)7-13-8-18(25-3)17(23)9-15(13)20/h4-9,23H,1-3H3,(H,22,24). The van der Waals surface area contributed by atoms with Gasteiger partial charge in [-0.3, -0.25) is 4.79 Å². The number of phenols is 1. The summed E-state index contributed by atoms with van der Waals surface area (Å²) < 4.78 is 5.60. The van der Waals surface area contributed by atoms with E-state index < -0.39 is 5.91 Å². The third-order valence-corrected chi connectivity index (χ3v) is 4.28. The molecule has 0 aliphatic rings. The lowest BCUT2D eigenvalue weighted by atomic mass is 10.1. The summed E-state index contributed by atoms with van der Waals surface area (Å²) in [6, 6.07) is 10.5. The molecule has 0 aromatic heterocycles. The molecule has 2 rings (SSSR count). The fourth-order valence-electron chi connectivity index (χ4n) is 2.28. The van der Waals surface area contributed by atoms with Gasteiger partial charge in [-0.15, -0.1) is 0 Å². The number of benzene rings is 2. The molecule has 1 amide bonds. The maximum Gasteiger partial charge on any atom is 0.266 e. The second-order valence-electron chi connectivity index (χ2n) is 5.49. The Morgan fingerprint density at radius 2 is 2.04 bits per heavy atom. The summed E-state index contributed by atoms with van der Waals surface area (Å²) in [4.78, 5) is 12.4. The fourth-order valence-corrected chi connectivity index (χ4v) is 2.73. The van der Waals surface area contributed by atoms with Crippen LogP contribution in [0.4, 0.5) is 5.69 Å². The summed E-state index contributed by atoms with van der Waals surface area (Å²) in [6.45, 7) is 3.86. The summed E-state index contributed by atoms with van der Waals surface area (Å²) in [5, 5.41) is 21.8. The minimum atomic E-state index is -0.506. The van der Waals surface area contributed by atoms with Crippen LogP contribution in [0.15, 0.2) is 40.4 Å². The summed E-state index contributed by atoms with van der Waals surface area (Å²) in [5.41, 5.74) is 3.14. The topological polar surface area (TPSA) is 82.3 Å². The number of nitriles is 1. The highest BCUT2D eigenvalue weighted by atomic mass is 79.9. The van der Waals surface area contributed by atoms with Gasteiger partial charge in [0.1, 0.15) is 11.6 Å². The van der Waals surface area contributed by atoms with Crippen molar-refractivity contribution in [3.63, 3.8) is 0 Å². The third kappa shape index (κ3) is 4.40. The number of aromatic hydroxyl groups is 1. The number of nitrogens with one attached hydrogen (secondary N) is 1. The SMILES string of the molecule is COc1cc(C=C(C#N)C(=O)Nc2ccc(C)cc2C)c(Br)cc1O. The molecule has 128 valence electrons. The molecule has 0 saturated heterocycles. The van der Waals surface area contributed by atoms with E-state index in [1.54, 1.807) is 12.1 Å². The van der Waals surface area contributed by atoms with Crippen molar-refractivity contribution >= 4 is 33.6 Å². The van der Waals surface area contributed by atoms with Crippen LogP contribution in [0.25, 0.3) is 6.08 Å². The Balaban J connectivity index is 2.34. The highest BCUT2D eigenvalue weighted by Gasteiger charge is 2.13. The van der Waals surface area contributed by atoms with Crippen LogP contribution in [0.1, 0.15) is 16.7 Å². The van der Waals surface area contributed by atoms with Crippen molar-refractivity contribution in [1.29, 1.82) is 5.26 Å². The van der Waals surface area contributed by atoms with E-state index in [1.165, 1.54) is 19.3 Å². The van der Waals surface area contributed by atoms with E-state index in [-0.39, 0.29) is 17.1 Å². The first-order valence-electron chi connectivity index (χ1n) is 7.42. The van der Waals surface area contributed by atoms with E-state index in [0.717, 1.165) is 11.1 Å². The second kappa shape index (κ2) is 7.86. The number of anilines is 1. The number of hydrogen-bond donors (Lipinski definition) is 2. The van der Waals surface area contributed by atoms with Crippen molar-refractivity contribution in [2.45, 2.75) is 13.8 Å². The number of methoxy groups -OCH3 is 1. The number of rotatable bonds is 4. The molecule has 2 aromatic carbocycles. The Morgan fingerprint density at radius 3 is 2.64 bits per heavy atom. The normalized spacial score (nSPS) is 10.9. The third-order valence-electron chi connectivity index (χ3n) is 3.59. The van der Waals surface area contributed by atoms with Gasteiger partial charge in [-0.25, -0.2) is 0 Å². The van der Waals surface area contributed by atoms with Crippen LogP contribution in [0.3, 0.4) is 0 Å². The zero-order valence-electron chi connectivity index (χ0n) is 14.1. The smallest absolute Gasteiger partial charge is 0.266 e. The van der Waals surface area contributed by atoms with Gasteiger partial charge in [-0.05, 0) is 49.2 Å². The molecule has 2 N–H and O–H groups in total. The van der Waals surface area contributed by atoms with Gasteiger partial charge in [-0.1, -0.05) is 33.6 Å². The average Bonchev–Trinajstić information content (AvgIpc) is 2.56. The van der Waals surface area contributed by atoms with Crippen LogP contribution >= 0.6 is 15.9 Å².